The van der Waals surface area contributed by atoms with E-state index in [-0.39, 0.29) is 13.0 Å². The first-order chi connectivity index (χ1) is 23.9. The summed E-state index contributed by atoms with van der Waals surface area (Å²) in [6, 6.07) is 19.8. The zero-order valence-corrected chi connectivity index (χ0v) is 32.0. The van der Waals surface area contributed by atoms with Gasteiger partial charge in [-0.15, -0.1) is 0 Å². The van der Waals surface area contributed by atoms with Crippen molar-refractivity contribution in [3.63, 3.8) is 0 Å². The Labute approximate surface area is 316 Å². The van der Waals surface area contributed by atoms with Crippen LogP contribution in [0.25, 0.3) is 0 Å². The Kier molecular flexibility index (Phi) is 13.8. The van der Waals surface area contributed by atoms with E-state index in [0.717, 1.165) is 46.8 Å². The van der Waals surface area contributed by atoms with Gasteiger partial charge in [-0.25, -0.2) is 4.79 Å². The van der Waals surface area contributed by atoms with E-state index in [1.807, 2.05) is 36.4 Å². The molecule has 50 heavy (non-hydrogen) atoms. The highest BCUT2D eigenvalue weighted by molar-refractivity contribution is 6.42. The summed E-state index contributed by atoms with van der Waals surface area (Å²) in [6.45, 7) is 7.26. The molecule has 5 rings (SSSR count). The van der Waals surface area contributed by atoms with E-state index < -0.39 is 18.4 Å². The topological polar surface area (TPSA) is 61.8 Å². The van der Waals surface area contributed by atoms with Crippen molar-refractivity contribution in [2.45, 2.75) is 83.7 Å². The summed E-state index contributed by atoms with van der Waals surface area (Å²) in [6.07, 6.45) is 5.05. The number of carbonyl (C=O) groups is 2. The van der Waals surface area contributed by atoms with Gasteiger partial charge in [-0.1, -0.05) is 76.7 Å². The highest BCUT2D eigenvalue weighted by Gasteiger charge is 2.32. The SMILES string of the molecule is CC(OC(=O)CCC[N+]1(Cc2ccc(C3CC3)cc2Cl)CCCCC1)OC(=O)OCC[N+](C)(Cc1ccc(Cl)cc1)Cc1ccc(Cl)c(Cl)c1. The molecule has 2 atom stereocenters. The second-order valence-corrected chi connectivity index (χ2v) is 15.9. The van der Waals surface area contributed by atoms with Gasteiger partial charge in [0, 0.05) is 40.1 Å². The van der Waals surface area contributed by atoms with Crippen molar-refractivity contribution in [2.75, 3.05) is 39.8 Å². The summed E-state index contributed by atoms with van der Waals surface area (Å²) in [7, 11) is 2.08. The third-order valence-electron chi connectivity index (χ3n) is 9.85. The van der Waals surface area contributed by atoms with Crippen LogP contribution in [-0.2, 0) is 38.6 Å². The number of likely N-dealkylation sites (tertiary alicyclic amines) is 1. The van der Waals surface area contributed by atoms with E-state index >= 15 is 0 Å². The molecule has 1 heterocycles. The summed E-state index contributed by atoms with van der Waals surface area (Å²) in [5.74, 6) is 0.270. The van der Waals surface area contributed by atoms with Gasteiger partial charge in [0.25, 0.3) is 0 Å². The van der Waals surface area contributed by atoms with Gasteiger partial charge in [-0.2, -0.15) is 0 Å². The third kappa shape index (κ3) is 11.8. The normalized spacial score (nSPS) is 17.4. The van der Waals surface area contributed by atoms with Crippen LogP contribution in [0.4, 0.5) is 4.79 Å². The fraction of sp³-hybridized carbons (Fsp3) is 0.487. The fourth-order valence-electron chi connectivity index (χ4n) is 7.04. The van der Waals surface area contributed by atoms with Crippen molar-refractivity contribution >= 4 is 58.5 Å². The van der Waals surface area contributed by atoms with Crippen LogP contribution < -0.4 is 0 Å². The molecule has 11 heteroatoms. The molecule has 0 aromatic heterocycles. The highest BCUT2D eigenvalue weighted by Crippen LogP contribution is 2.41. The standard InChI is InChI=1S/C39H48Cl4N2O5/c1-28(49-38(46)7-6-20-45(18-4-3-5-19-45)27-33-14-13-32(24-36(33)42)31-11-12-31)50-39(47)48-22-21-44(2,25-29-8-15-34(40)16-9-29)26-30-10-17-35(41)37(43)23-30/h8-10,13-17,23-24,28,31H,3-7,11-12,18-22,25-27H2,1-2H3/q+2. The first-order valence-electron chi connectivity index (χ1n) is 17.6. The van der Waals surface area contributed by atoms with Gasteiger partial charge in [0.2, 0.25) is 6.29 Å². The van der Waals surface area contributed by atoms with Gasteiger partial charge in [0.1, 0.15) is 32.8 Å². The molecule has 1 aliphatic carbocycles. The fourth-order valence-corrected chi connectivity index (χ4v) is 7.73. The number of carbonyl (C=O) groups excluding carboxylic acids is 2. The molecular formula is C39H48Cl4N2O5+2. The molecule has 2 unspecified atom stereocenters. The van der Waals surface area contributed by atoms with Crippen molar-refractivity contribution in [1.29, 1.82) is 0 Å². The third-order valence-corrected chi connectivity index (χ3v) is 11.2. The van der Waals surface area contributed by atoms with Crippen LogP contribution in [0.1, 0.15) is 80.0 Å². The molecule has 1 saturated heterocycles. The Morgan fingerprint density at radius 3 is 2.22 bits per heavy atom. The monoisotopic (exact) mass is 764 g/mol. The van der Waals surface area contributed by atoms with Gasteiger partial charge in [-0.05, 0) is 73.9 Å². The largest absolute Gasteiger partial charge is 0.511 e. The Bertz CT molecular complexity index is 1610. The molecule has 2 aliphatic rings. The predicted molar refractivity (Wildman–Crippen MR) is 199 cm³/mol. The Morgan fingerprint density at radius 2 is 1.54 bits per heavy atom. The molecule has 2 fully saturated rings. The van der Waals surface area contributed by atoms with Crippen LogP contribution in [0.5, 0.6) is 0 Å². The number of hydrogen-bond donors (Lipinski definition) is 0. The van der Waals surface area contributed by atoms with Gasteiger partial charge in [0.15, 0.2) is 0 Å². The number of piperidine rings is 1. The number of hydrogen-bond acceptors (Lipinski definition) is 5. The lowest BCUT2D eigenvalue weighted by atomic mass is 10.0. The molecule has 3 aromatic carbocycles. The maximum absolute atomic E-state index is 12.7. The lowest BCUT2D eigenvalue weighted by Crippen LogP contribution is -2.51. The molecular weight excluding hydrogens is 718 g/mol. The molecule has 270 valence electrons. The van der Waals surface area contributed by atoms with E-state index in [0.29, 0.717) is 51.5 Å². The van der Waals surface area contributed by atoms with E-state index in [4.69, 9.17) is 60.6 Å². The average Bonchev–Trinajstić information content (AvgIpc) is 3.91. The van der Waals surface area contributed by atoms with Crippen molar-refractivity contribution in [3.05, 3.63) is 103 Å². The summed E-state index contributed by atoms with van der Waals surface area (Å²) in [4.78, 5) is 25.3. The number of halogens is 4. The Hall–Kier alpha value is -2.52. The maximum Gasteiger partial charge on any atom is 0.511 e. The summed E-state index contributed by atoms with van der Waals surface area (Å²) in [5, 5.41) is 2.49. The van der Waals surface area contributed by atoms with E-state index in [9.17, 15) is 9.59 Å². The van der Waals surface area contributed by atoms with Crippen LogP contribution in [0.2, 0.25) is 20.1 Å². The highest BCUT2D eigenvalue weighted by atomic mass is 35.5. The molecule has 1 saturated carbocycles. The van der Waals surface area contributed by atoms with Crippen LogP contribution >= 0.6 is 46.4 Å². The number of rotatable bonds is 16. The van der Waals surface area contributed by atoms with Gasteiger partial charge in [0.05, 0.1) is 43.1 Å². The van der Waals surface area contributed by atoms with Crippen molar-refractivity contribution in [1.82, 2.24) is 0 Å². The maximum atomic E-state index is 12.7. The molecule has 0 bridgehead atoms. The molecule has 0 radical (unpaired) electrons. The van der Waals surface area contributed by atoms with E-state index in [1.54, 1.807) is 6.07 Å². The van der Waals surface area contributed by atoms with E-state index in [2.05, 4.69) is 25.2 Å². The first kappa shape index (κ1) is 38.7. The second kappa shape index (κ2) is 17.8. The molecule has 1 aliphatic heterocycles. The number of benzene rings is 3. The predicted octanol–water partition coefficient (Wildman–Crippen LogP) is 10.3. The molecule has 0 N–H and O–H groups in total. The first-order valence-corrected chi connectivity index (χ1v) is 19.1. The number of likely N-dealkylation sites (N-methyl/N-ethyl adjacent to an activating group) is 1. The quantitative estimate of drug-likeness (QED) is 0.0826. The molecule has 0 spiro atoms. The zero-order valence-electron chi connectivity index (χ0n) is 29.0. The van der Waals surface area contributed by atoms with Crippen molar-refractivity contribution < 1.29 is 32.8 Å². The lowest BCUT2D eigenvalue weighted by Gasteiger charge is -2.42. The van der Waals surface area contributed by atoms with Gasteiger partial charge in [-0.3, -0.25) is 4.79 Å². The van der Waals surface area contributed by atoms with Crippen LogP contribution in [0, 0.1) is 0 Å². The number of esters is 1. The summed E-state index contributed by atoms with van der Waals surface area (Å²) < 4.78 is 17.6. The number of quaternary nitrogens is 2. The minimum atomic E-state index is -1.07. The average molecular weight is 767 g/mol. The minimum absolute atomic E-state index is 0.0955. The van der Waals surface area contributed by atoms with E-state index in [1.165, 1.54) is 50.2 Å². The lowest BCUT2D eigenvalue weighted by molar-refractivity contribution is -0.945. The molecule has 0 amide bonds. The van der Waals surface area contributed by atoms with Gasteiger partial charge >= 0.3 is 12.1 Å². The number of nitrogens with zero attached hydrogens (tertiary/aromatic N) is 2. The Balaban J connectivity index is 1.07. The minimum Gasteiger partial charge on any atom is -0.428 e. The number of ether oxygens (including phenoxy) is 3. The molecule has 3 aromatic rings. The molecule has 7 nitrogen and oxygen atoms in total. The Morgan fingerprint density at radius 1 is 0.840 bits per heavy atom. The summed E-state index contributed by atoms with van der Waals surface area (Å²) in [5.41, 5.74) is 4.61. The van der Waals surface area contributed by atoms with Crippen LogP contribution in [-0.4, -0.2) is 67.2 Å². The summed E-state index contributed by atoms with van der Waals surface area (Å²) >= 11 is 25.3. The smallest absolute Gasteiger partial charge is 0.428 e. The van der Waals surface area contributed by atoms with Crippen LogP contribution in [0.3, 0.4) is 0 Å². The van der Waals surface area contributed by atoms with Crippen molar-refractivity contribution in [2.24, 2.45) is 0 Å². The van der Waals surface area contributed by atoms with Gasteiger partial charge < -0.3 is 23.2 Å². The zero-order chi connectivity index (χ0) is 35.7. The van der Waals surface area contributed by atoms with Crippen molar-refractivity contribution in [3.8, 4) is 0 Å². The second-order valence-electron chi connectivity index (χ2n) is 14.3. The van der Waals surface area contributed by atoms with Crippen LogP contribution in [0.15, 0.2) is 60.7 Å².